The lowest BCUT2D eigenvalue weighted by atomic mass is 10.2. The van der Waals surface area contributed by atoms with E-state index in [1.54, 1.807) is 31.0 Å². The summed E-state index contributed by atoms with van der Waals surface area (Å²) in [5.41, 5.74) is 8.37. The Bertz CT molecular complexity index is 829. The SMILES string of the molecule is COc1cccc(CSc2nc3c(C(N)=O)cccc3[nH]2)c1. The zero-order valence-corrected chi connectivity index (χ0v) is 12.8. The molecule has 0 aliphatic heterocycles. The number of carbonyl (C=O) groups excluding carboxylic acids is 1. The van der Waals surface area contributed by atoms with Gasteiger partial charge >= 0.3 is 0 Å². The summed E-state index contributed by atoms with van der Waals surface area (Å²) in [5, 5.41) is 0.756. The predicted octanol–water partition coefficient (Wildman–Crippen LogP) is 2.96. The van der Waals surface area contributed by atoms with E-state index >= 15 is 0 Å². The number of nitrogens with one attached hydrogen (secondary N) is 1. The number of hydrogen-bond donors (Lipinski definition) is 2. The standard InChI is InChI=1S/C16H15N3O2S/c1-21-11-5-2-4-10(8-11)9-22-16-18-13-7-3-6-12(15(17)20)14(13)19-16/h2-8H,9H2,1H3,(H2,17,20)(H,18,19). The smallest absolute Gasteiger partial charge is 0.250 e. The van der Waals surface area contributed by atoms with E-state index < -0.39 is 5.91 Å². The van der Waals surface area contributed by atoms with Crippen LogP contribution < -0.4 is 10.5 Å². The number of H-pyrrole nitrogens is 1. The first-order chi connectivity index (χ1) is 10.7. The van der Waals surface area contributed by atoms with Gasteiger partial charge in [0.25, 0.3) is 5.91 Å². The number of carbonyl (C=O) groups is 1. The van der Waals surface area contributed by atoms with Crippen molar-refractivity contribution in [3.63, 3.8) is 0 Å². The summed E-state index contributed by atoms with van der Waals surface area (Å²) in [4.78, 5) is 19.1. The average molecular weight is 313 g/mol. The molecule has 1 aromatic heterocycles. The van der Waals surface area contributed by atoms with Crippen LogP contribution in [0.25, 0.3) is 11.0 Å². The Labute approximate surface area is 131 Å². The maximum Gasteiger partial charge on any atom is 0.250 e. The van der Waals surface area contributed by atoms with Crippen molar-refractivity contribution in [2.24, 2.45) is 5.73 Å². The van der Waals surface area contributed by atoms with Crippen LogP contribution in [0.15, 0.2) is 47.6 Å². The third kappa shape index (κ3) is 2.92. The van der Waals surface area contributed by atoms with Crippen LogP contribution in [0.4, 0.5) is 0 Å². The number of nitrogens with zero attached hydrogens (tertiary/aromatic N) is 1. The second kappa shape index (κ2) is 6.11. The zero-order valence-electron chi connectivity index (χ0n) is 12.0. The molecule has 1 heterocycles. The maximum atomic E-state index is 11.4. The van der Waals surface area contributed by atoms with Crippen molar-refractivity contribution in [2.75, 3.05) is 7.11 Å². The number of para-hydroxylation sites is 1. The number of methoxy groups -OCH3 is 1. The van der Waals surface area contributed by atoms with Gasteiger partial charge < -0.3 is 15.5 Å². The van der Waals surface area contributed by atoms with E-state index in [0.29, 0.717) is 11.1 Å². The molecule has 0 unspecified atom stereocenters. The topological polar surface area (TPSA) is 81.0 Å². The Morgan fingerprint density at radius 2 is 2.14 bits per heavy atom. The highest BCUT2D eigenvalue weighted by molar-refractivity contribution is 7.98. The molecular weight excluding hydrogens is 298 g/mol. The molecule has 0 spiro atoms. The molecule has 0 fully saturated rings. The largest absolute Gasteiger partial charge is 0.497 e. The van der Waals surface area contributed by atoms with E-state index in [4.69, 9.17) is 10.5 Å². The molecule has 3 aromatic rings. The Kier molecular flexibility index (Phi) is 4.02. The van der Waals surface area contributed by atoms with Crippen molar-refractivity contribution in [1.29, 1.82) is 0 Å². The van der Waals surface area contributed by atoms with E-state index in [1.165, 1.54) is 0 Å². The number of fused-ring (bicyclic) bond motifs is 1. The van der Waals surface area contributed by atoms with Crippen LogP contribution in [-0.4, -0.2) is 23.0 Å². The van der Waals surface area contributed by atoms with E-state index in [-0.39, 0.29) is 0 Å². The number of aromatic nitrogens is 2. The van der Waals surface area contributed by atoms with Gasteiger partial charge in [0.15, 0.2) is 5.16 Å². The zero-order chi connectivity index (χ0) is 15.5. The van der Waals surface area contributed by atoms with Crippen molar-refractivity contribution in [3.05, 3.63) is 53.6 Å². The van der Waals surface area contributed by atoms with Crippen LogP contribution in [0.5, 0.6) is 5.75 Å². The summed E-state index contributed by atoms with van der Waals surface area (Å²) >= 11 is 1.56. The Morgan fingerprint density at radius 3 is 2.91 bits per heavy atom. The summed E-state index contributed by atoms with van der Waals surface area (Å²) in [5.74, 6) is 1.11. The quantitative estimate of drug-likeness (QED) is 0.710. The molecular formula is C16H15N3O2S. The molecule has 0 aliphatic rings. The molecule has 2 aromatic carbocycles. The second-order valence-corrected chi connectivity index (χ2v) is 5.71. The number of aromatic amines is 1. The molecule has 22 heavy (non-hydrogen) atoms. The number of amides is 1. The lowest BCUT2D eigenvalue weighted by Gasteiger charge is -2.02. The van der Waals surface area contributed by atoms with Crippen LogP contribution in [0, 0.1) is 0 Å². The van der Waals surface area contributed by atoms with E-state index in [0.717, 1.165) is 27.7 Å². The molecule has 0 aliphatic carbocycles. The Morgan fingerprint density at radius 1 is 1.32 bits per heavy atom. The third-order valence-electron chi connectivity index (χ3n) is 3.27. The molecule has 0 atom stereocenters. The minimum Gasteiger partial charge on any atom is -0.497 e. The molecule has 3 rings (SSSR count). The van der Waals surface area contributed by atoms with Crippen LogP contribution in [0.2, 0.25) is 0 Å². The average Bonchev–Trinajstić information content (AvgIpc) is 2.95. The summed E-state index contributed by atoms with van der Waals surface area (Å²) in [6, 6.07) is 13.2. The number of rotatable bonds is 5. The third-order valence-corrected chi connectivity index (χ3v) is 4.21. The van der Waals surface area contributed by atoms with Gasteiger partial charge in [0, 0.05) is 5.75 Å². The van der Waals surface area contributed by atoms with Gasteiger partial charge in [-0.05, 0) is 29.8 Å². The summed E-state index contributed by atoms with van der Waals surface area (Å²) in [6.07, 6.45) is 0. The second-order valence-electron chi connectivity index (χ2n) is 4.75. The first-order valence-electron chi connectivity index (χ1n) is 6.71. The molecule has 6 heteroatoms. The minimum atomic E-state index is -0.471. The molecule has 112 valence electrons. The van der Waals surface area contributed by atoms with Crippen LogP contribution in [0.1, 0.15) is 15.9 Å². The first kappa shape index (κ1) is 14.5. The van der Waals surface area contributed by atoms with Gasteiger partial charge in [-0.2, -0.15) is 0 Å². The van der Waals surface area contributed by atoms with E-state index in [2.05, 4.69) is 9.97 Å². The number of benzene rings is 2. The van der Waals surface area contributed by atoms with Gasteiger partial charge in [-0.1, -0.05) is 30.0 Å². The van der Waals surface area contributed by atoms with Crippen molar-refractivity contribution in [3.8, 4) is 5.75 Å². The number of imidazole rings is 1. The highest BCUT2D eigenvalue weighted by Crippen LogP contribution is 2.25. The lowest BCUT2D eigenvalue weighted by molar-refractivity contribution is 0.100. The van der Waals surface area contributed by atoms with Crippen molar-refractivity contribution in [2.45, 2.75) is 10.9 Å². The van der Waals surface area contributed by atoms with Gasteiger partial charge in [-0.3, -0.25) is 4.79 Å². The normalized spacial score (nSPS) is 10.8. The van der Waals surface area contributed by atoms with Gasteiger partial charge in [0.1, 0.15) is 11.3 Å². The van der Waals surface area contributed by atoms with Gasteiger partial charge in [-0.15, -0.1) is 0 Å². The molecule has 0 saturated carbocycles. The fourth-order valence-electron chi connectivity index (χ4n) is 2.19. The monoisotopic (exact) mass is 313 g/mol. The fourth-order valence-corrected chi connectivity index (χ4v) is 3.01. The highest BCUT2D eigenvalue weighted by Gasteiger charge is 2.11. The fraction of sp³-hybridized carbons (Fsp3) is 0.125. The van der Waals surface area contributed by atoms with Crippen LogP contribution in [0.3, 0.4) is 0 Å². The van der Waals surface area contributed by atoms with Crippen LogP contribution >= 0.6 is 11.8 Å². The minimum absolute atomic E-state index is 0.432. The predicted molar refractivity (Wildman–Crippen MR) is 87.2 cm³/mol. The summed E-state index contributed by atoms with van der Waals surface area (Å²) < 4.78 is 5.21. The molecule has 3 N–H and O–H groups in total. The number of thioether (sulfide) groups is 1. The number of hydrogen-bond acceptors (Lipinski definition) is 4. The number of nitrogens with two attached hydrogens (primary N) is 1. The van der Waals surface area contributed by atoms with Crippen LogP contribution in [-0.2, 0) is 5.75 Å². The van der Waals surface area contributed by atoms with Crippen molar-refractivity contribution in [1.82, 2.24) is 9.97 Å². The van der Waals surface area contributed by atoms with E-state index in [9.17, 15) is 4.79 Å². The highest BCUT2D eigenvalue weighted by atomic mass is 32.2. The Hall–Kier alpha value is -2.47. The number of ether oxygens (including phenoxy) is 1. The molecule has 0 radical (unpaired) electrons. The summed E-state index contributed by atoms with van der Waals surface area (Å²) in [6.45, 7) is 0. The first-order valence-corrected chi connectivity index (χ1v) is 7.70. The number of primary amides is 1. The van der Waals surface area contributed by atoms with Gasteiger partial charge in [-0.25, -0.2) is 4.98 Å². The summed E-state index contributed by atoms with van der Waals surface area (Å²) in [7, 11) is 1.65. The lowest BCUT2D eigenvalue weighted by Crippen LogP contribution is -2.11. The van der Waals surface area contributed by atoms with E-state index in [1.807, 2.05) is 30.3 Å². The molecule has 0 bridgehead atoms. The Balaban J connectivity index is 1.82. The molecule has 1 amide bonds. The molecule has 0 saturated heterocycles. The molecule has 5 nitrogen and oxygen atoms in total. The maximum absolute atomic E-state index is 11.4. The van der Waals surface area contributed by atoms with Crippen molar-refractivity contribution >= 4 is 28.7 Å². The van der Waals surface area contributed by atoms with Gasteiger partial charge in [0.05, 0.1) is 18.2 Å². The van der Waals surface area contributed by atoms with Crippen molar-refractivity contribution < 1.29 is 9.53 Å². The van der Waals surface area contributed by atoms with Gasteiger partial charge in [0.2, 0.25) is 0 Å².